The standard InChI is InChI=1S/C12H10F4N2O/c1-2-9-10(18-11(19-9)12(14,15)16)7-4-3-6(17)5-8(7)13/h3-5H,2,17H2,1H3. The number of halogens is 4. The molecule has 7 heteroatoms. The van der Waals surface area contributed by atoms with Gasteiger partial charge in [-0.3, -0.25) is 0 Å². The molecule has 1 aromatic carbocycles. The monoisotopic (exact) mass is 274 g/mol. The van der Waals surface area contributed by atoms with Crippen molar-refractivity contribution < 1.29 is 22.0 Å². The molecule has 0 bridgehead atoms. The van der Waals surface area contributed by atoms with Crippen LogP contribution < -0.4 is 5.73 Å². The van der Waals surface area contributed by atoms with Gasteiger partial charge in [0, 0.05) is 17.7 Å². The van der Waals surface area contributed by atoms with Crippen LogP contribution in [-0.4, -0.2) is 4.98 Å². The fourth-order valence-electron chi connectivity index (χ4n) is 1.65. The van der Waals surface area contributed by atoms with E-state index in [0.717, 1.165) is 6.07 Å². The molecule has 2 aromatic rings. The third-order valence-corrected chi connectivity index (χ3v) is 2.51. The second-order valence-electron chi connectivity index (χ2n) is 3.88. The summed E-state index contributed by atoms with van der Waals surface area (Å²) in [5, 5.41) is 0. The van der Waals surface area contributed by atoms with E-state index in [1.54, 1.807) is 6.92 Å². The average molecular weight is 274 g/mol. The van der Waals surface area contributed by atoms with Crippen molar-refractivity contribution in [1.29, 1.82) is 0 Å². The molecule has 19 heavy (non-hydrogen) atoms. The minimum absolute atomic E-state index is 0.0176. The van der Waals surface area contributed by atoms with Crippen LogP contribution in [0.15, 0.2) is 22.6 Å². The van der Waals surface area contributed by atoms with Crippen molar-refractivity contribution in [3.05, 3.63) is 35.7 Å². The van der Waals surface area contributed by atoms with Crippen LogP contribution >= 0.6 is 0 Å². The summed E-state index contributed by atoms with van der Waals surface area (Å²) in [5.41, 5.74) is 5.36. The van der Waals surface area contributed by atoms with E-state index in [9.17, 15) is 17.6 Å². The Bertz CT molecular complexity index is 604. The molecule has 0 radical (unpaired) electrons. The van der Waals surface area contributed by atoms with Crippen LogP contribution in [0.5, 0.6) is 0 Å². The van der Waals surface area contributed by atoms with E-state index in [1.807, 2.05) is 0 Å². The number of anilines is 1. The molecule has 2 N–H and O–H groups in total. The maximum absolute atomic E-state index is 13.7. The SMILES string of the molecule is CCc1oc(C(F)(F)F)nc1-c1ccc(N)cc1F. The Morgan fingerprint density at radius 1 is 1.32 bits per heavy atom. The van der Waals surface area contributed by atoms with Gasteiger partial charge in [-0.1, -0.05) is 6.92 Å². The number of oxazole rings is 1. The van der Waals surface area contributed by atoms with Crippen molar-refractivity contribution in [2.75, 3.05) is 5.73 Å². The number of nitrogen functional groups attached to an aromatic ring is 1. The zero-order chi connectivity index (χ0) is 14.2. The van der Waals surface area contributed by atoms with Crippen LogP contribution in [0.1, 0.15) is 18.6 Å². The summed E-state index contributed by atoms with van der Waals surface area (Å²) >= 11 is 0. The number of nitrogens with two attached hydrogens (primary N) is 1. The van der Waals surface area contributed by atoms with Gasteiger partial charge >= 0.3 is 12.1 Å². The molecular formula is C12H10F4N2O. The zero-order valence-electron chi connectivity index (χ0n) is 9.88. The summed E-state index contributed by atoms with van der Waals surface area (Å²) in [7, 11) is 0. The normalized spacial score (nSPS) is 11.8. The topological polar surface area (TPSA) is 52.0 Å². The van der Waals surface area contributed by atoms with E-state index < -0.39 is 17.9 Å². The summed E-state index contributed by atoms with van der Waals surface area (Å²) < 4.78 is 55.9. The molecule has 0 unspecified atom stereocenters. The first-order chi connectivity index (χ1) is 8.82. The molecule has 0 saturated heterocycles. The summed E-state index contributed by atoms with van der Waals surface area (Å²) in [6.45, 7) is 1.60. The minimum Gasteiger partial charge on any atom is -0.437 e. The number of aromatic nitrogens is 1. The molecule has 3 nitrogen and oxygen atoms in total. The molecule has 102 valence electrons. The van der Waals surface area contributed by atoms with Gasteiger partial charge in [-0.15, -0.1) is 0 Å². The number of alkyl halides is 3. The maximum atomic E-state index is 13.7. The highest BCUT2D eigenvalue weighted by atomic mass is 19.4. The lowest BCUT2D eigenvalue weighted by molar-refractivity contribution is -0.157. The van der Waals surface area contributed by atoms with E-state index in [4.69, 9.17) is 5.73 Å². The lowest BCUT2D eigenvalue weighted by Crippen LogP contribution is -2.04. The van der Waals surface area contributed by atoms with Crippen molar-refractivity contribution in [2.45, 2.75) is 19.5 Å². The molecule has 1 heterocycles. The summed E-state index contributed by atoms with van der Waals surface area (Å²) in [6, 6.07) is 3.69. The Hall–Kier alpha value is -2.05. The highest BCUT2D eigenvalue weighted by Crippen LogP contribution is 2.34. The van der Waals surface area contributed by atoms with E-state index in [-0.39, 0.29) is 29.1 Å². The molecular weight excluding hydrogens is 264 g/mol. The van der Waals surface area contributed by atoms with Crippen molar-refractivity contribution >= 4 is 5.69 Å². The van der Waals surface area contributed by atoms with Crippen LogP contribution in [0.4, 0.5) is 23.2 Å². The van der Waals surface area contributed by atoms with Gasteiger partial charge in [0.2, 0.25) is 0 Å². The number of hydrogen-bond acceptors (Lipinski definition) is 3. The van der Waals surface area contributed by atoms with Crippen LogP contribution in [0.2, 0.25) is 0 Å². The Morgan fingerprint density at radius 3 is 2.53 bits per heavy atom. The third kappa shape index (κ3) is 2.54. The Labute approximate surface area is 106 Å². The number of aryl methyl sites for hydroxylation is 1. The predicted molar refractivity (Wildman–Crippen MR) is 60.7 cm³/mol. The van der Waals surface area contributed by atoms with Gasteiger partial charge in [-0.25, -0.2) is 9.37 Å². The van der Waals surface area contributed by atoms with Gasteiger partial charge in [-0.2, -0.15) is 13.2 Å². The molecule has 1 aromatic heterocycles. The van der Waals surface area contributed by atoms with Crippen LogP contribution in [0, 0.1) is 5.82 Å². The smallest absolute Gasteiger partial charge is 0.437 e. The Balaban J connectivity index is 2.58. The second kappa shape index (κ2) is 4.56. The molecule has 0 saturated carbocycles. The molecule has 0 fully saturated rings. The first-order valence-electron chi connectivity index (χ1n) is 5.45. The highest BCUT2D eigenvalue weighted by molar-refractivity contribution is 5.64. The summed E-state index contributed by atoms with van der Waals surface area (Å²) in [6.07, 6.45) is -4.53. The van der Waals surface area contributed by atoms with E-state index in [0.29, 0.717) is 0 Å². The molecule has 0 amide bonds. The lowest BCUT2D eigenvalue weighted by Gasteiger charge is -2.02. The van der Waals surface area contributed by atoms with Crippen LogP contribution in [-0.2, 0) is 12.6 Å². The summed E-state index contributed by atoms with van der Waals surface area (Å²) in [4.78, 5) is 3.34. The number of benzene rings is 1. The third-order valence-electron chi connectivity index (χ3n) is 2.51. The lowest BCUT2D eigenvalue weighted by atomic mass is 10.1. The Kier molecular flexibility index (Phi) is 3.21. The largest absolute Gasteiger partial charge is 0.468 e. The molecule has 0 aliphatic rings. The molecule has 0 aliphatic carbocycles. The first kappa shape index (κ1) is 13.4. The Morgan fingerprint density at radius 2 is 2.00 bits per heavy atom. The fourth-order valence-corrected chi connectivity index (χ4v) is 1.65. The van der Waals surface area contributed by atoms with E-state index in [1.165, 1.54) is 12.1 Å². The maximum Gasteiger partial charge on any atom is 0.468 e. The second-order valence-corrected chi connectivity index (χ2v) is 3.88. The van der Waals surface area contributed by atoms with Gasteiger partial charge in [-0.05, 0) is 18.2 Å². The summed E-state index contributed by atoms with van der Waals surface area (Å²) in [5.74, 6) is -2.14. The van der Waals surface area contributed by atoms with Gasteiger partial charge in [0.1, 0.15) is 17.3 Å². The predicted octanol–water partition coefficient (Wildman–Crippen LogP) is 3.64. The molecule has 2 rings (SSSR count). The zero-order valence-corrected chi connectivity index (χ0v) is 9.88. The molecule has 0 atom stereocenters. The van der Waals surface area contributed by atoms with Gasteiger partial charge < -0.3 is 10.2 Å². The van der Waals surface area contributed by atoms with Crippen LogP contribution in [0.3, 0.4) is 0 Å². The minimum atomic E-state index is -4.70. The van der Waals surface area contributed by atoms with Crippen molar-refractivity contribution in [2.24, 2.45) is 0 Å². The van der Waals surface area contributed by atoms with E-state index in [2.05, 4.69) is 9.40 Å². The van der Waals surface area contributed by atoms with E-state index >= 15 is 0 Å². The average Bonchev–Trinajstić information content (AvgIpc) is 2.72. The van der Waals surface area contributed by atoms with Gasteiger partial charge in [0.05, 0.1) is 0 Å². The van der Waals surface area contributed by atoms with Crippen LogP contribution in [0.25, 0.3) is 11.3 Å². The van der Waals surface area contributed by atoms with Crippen molar-refractivity contribution in [1.82, 2.24) is 4.98 Å². The fraction of sp³-hybridized carbons (Fsp3) is 0.250. The quantitative estimate of drug-likeness (QED) is 0.671. The van der Waals surface area contributed by atoms with Crippen molar-refractivity contribution in [3.8, 4) is 11.3 Å². The molecule has 0 spiro atoms. The van der Waals surface area contributed by atoms with Gasteiger partial charge in [0.15, 0.2) is 0 Å². The number of nitrogens with zero attached hydrogens (tertiary/aromatic N) is 1. The number of hydrogen-bond donors (Lipinski definition) is 1. The molecule has 0 aliphatic heterocycles. The van der Waals surface area contributed by atoms with Crippen molar-refractivity contribution in [3.63, 3.8) is 0 Å². The first-order valence-corrected chi connectivity index (χ1v) is 5.45. The number of rotatable bonds is 2. The highest BCUT2D eigenvalue weighted by Gasteiger charge is 2.38. The van der Waals surface area contributed by atoms with Gasteiger partial charge in [0.25, 0.3) is 0 Å².